The summed E-state index contributed by atoms with van der Waals surface area (Å²) in [4.78, 5) is 16.3. The Morgan fingerprint density at radius 3 is 2.58 bits per heavy atom. The van der Waals surface area contributed by atoms with Crippen LogP contribution in [0.5, 0.6) is 0 Å². The Kier molecular flexibility index (Phi) is 7.95. The molecule has 3 N–H and O–H groups in total. The maximum Gasteiger partial charge on any atom is 0.222 e. The van der Waals surface area contributed by atoms with Gasteiger partial charge < -0.3 is 20.7 Å². The second-order valence-electron chi connectivity index (χ2n) is 6.50. The van der Waals surface area contributed by atoms with Gasteiger partial charge in [0, 0.05) is 32.7 Å². The summed E-state index contributed by atoms with van der Waals surface area (Å²) in [5.74, 6) is 0.668. The molecule has 1 amide bonds. The number of aliphatic imine (C=N–C) groups is 1. The van der Waals surface area contributed by atoms with Crippen LogP contribution >= 0.6 is 0 Å². The highest BCUT2D eigenvalue weighted by Gasteiger charge is 2.28. The number of sulfone groups is 1. The molecule has 1 unspecified atom stereocenters. The third-order valence-electron chi connectivity index (χ3n) is 3.76. The molecule has 0 spiro atoms. The highest BCUT2D eigenvalue weighted by Crippen LogP contribution is 2.11. The van der Waals surface area contributed by atoms with Crippen LogP contribution in [0.3, 0.4) is 0 Å². The summed E-state index contributed by atoms with van der Waals surface area (Å²) in [5.41, 5.74) is -0.353. The van der Waals surface area contributed by atoms with E-state index in [-0.39, 0.29) is 35.5 Å². The number of amides is 1. The van der Waals surface area contributed by atoms with E-state index in [0.29, 0.717) is 32.0 Å². The Labute approximate surface area is 144 Å². The molecule has 24 heavy (non-hydrogen) atoms. The van der Waals surface area contributed by atoms with Crippen LogP contribution in [0.2, 0.25) is 0 Å². The van der Waals surface area contributed by atoms with Crippen molar-refractivity contribution in [3.63, 3.8) is 0 Å². The molecule has 1 fully saturated rings. The van der Waals surface area contributed by atoms with E-state index < -0.39 is 9.84 Å². The molecule has 1 aliphatic heterocycles. The Morgan fingerprint density at radius 1 is 1.33 bits per heavy atom. The maximum atomic E-state index is 11.9. The molecule has 0 bridgehead atoms. The van der Waals surface area contributed by atoms with Crippen LogP contribution in [0, 0.1) is 0 Å². The van der Waals surface area contributed by atoms with Crippen LogP contribution in [0.4, 0.5) is 0 Å². The van der Waals surface area contributed by atoms with E-state index >= 15 is 0 Å². The van der Waals surface area contributed by atoms with Crippen molar-refractivity contribution in [3.8, 4) is 0 Å². The van der Waals surface area contributed by atoms with Gasteiger partial charge in [0.1, 0.15) is 0 Å². The molecule has 0 aromatic rings. The molecule has 1 heterocycles. The molecule has 1 aliphatic rings. The van der Waals surface area contributed by atoms with Gasteiger partial charge in [0.25, 0.3) is 0 Å². The number of rotatable bonds is 8. The highest BCUT2D eigenvalue weighted by atomic mass is 32.2. The van der Waals surface area contributed by atoms with Crippen molar-refractivity contribution in [1.29, 1.82) is 0 Å². The third-order valence-corrected chi connectivity index (χ3v) is 5.52. The van der Waals surface area contributed by atoms with Crippen molar-refractivity contribution in [1.82, 2.24) is 16.0 Å². The van der Waals surface area contributed by atoms with Crippen LogP contribution in [0.1, 0.15) is 33.6 Å². The quantitative estimate of drug-likeness (QED) is 0.403. The van der Waals surface area contributed by atoms with Gasteiger partial charge in [0.15, 0.2) is 15.8 Å². The molecular formula is C15H30N4O4S. The van der Waals surface area contributed by atoms with Crippen LogP contribution in [0.15, 0.2) is 4.99 Å². The van der Waals surface area contributed by atoms with Gasteiger partial charge in [-0.2, -0.15) is 0 Å². The maximum absolute atomic E-state index is 11.9. The molecular weight excluding hydrogens is 332 g/mol. The highest BCUT2D eigenvalue weighted by molar-refractivity contribution is 7.91. The Hall–Kier alpha value is -1.35. The minimum absolute atomic E-state index is 0.0440. The number of guanidine groups is 1. The first-order chi connectivity index (χ1) is 11.2. The number of nitrogens with zero attached hydrogens (tertiary/aromatic N) is 1. The largest absolute Gasteiger partial charge is 0.377 e. The van der Waals surface area contributed by atoms with Crippen molar-refractivity contribution >= 4 is 21.7 Å². The number of carbonyl (C=O) groups is 1. The van der Waals surface area contributed by atoms with E-state index in [9.17, 15) is 13.2 Å². The summed E-state index contributed by atoms with van der Waals surface area (Å²) in [6.45, 7) is 7.49. The van der Waals surface area contributed by atoms with Crippen LogP contribution in [-0.4, -0.2) is 70.2 Å². The molecule has 9 heteroatoms. The molecule has 0 radical (unpaired) electrons. The van der Waals surface area contributed by atoms with Gasteiger partial charge in [-0.3, -0.25) is 9.79 Å². The first-order valence-electron chi connectivity index (χ1n) is 8.24. The van der Waals surface area contributed by atoms with Gasteiger partial charge in [-0.1, -0.05) is 0 Å². The fourth-order valence-electron chi connectivity index (χ4n) is 2.18. The van der Waals surface area contributed by atoms with Crippen molar-refractivity contribution < 1.29 is 17.9 Å². The topological polar surface area (TPSA) is 109 Å². The van der Waals surface area contributed by atoms with E-state index in [1.807, 2.05) is 20.8 Å². The molecule has 0 aromatic heterocycles. The Morgan fingerprint density at radius 2 is 2.04 bits per heavy atom. The summed E-state index contributed by atoms with van der Waals surface area (Å²) in [5, 5.41) is 8.97. The monoisotopic (exact) mass is 362 g/mol. The summed E-state index contributed by atoms with van der Waals surface area (Å²) >= 11 is 0. The lowest BCUT2D eigenvalue weighted by Gasteiger charge is -2.21. The minimum atomic E-state index is -2.98. The van der Waals surface area contributed by atoms with E-state index in [1.54, 1.807) is 7.11 Å². The van der Waals surface area contributed by atoms with E-state index in [1.165, 1.54) is 0 Å². The van der Waals surface area contributed by atoms with Gasteiger partial charge in [-0.15, -0.1) is 0 Å². The van der Waals surface area contributed by atoms with Crippen molar-refractivity contribution in [3.05, 3.63) is 0 Å². The zero-order valence-corrected chi connectivity index (χ0v) is 15.8. The normalized spacial score (nSPS) is 20.7. The number of hydrogen-bond acceptors (Lipinski definition) is 5. The number of carbonyl (C=O) groups excluding carboxylic acids is 1. The SMILES string of the molecule is CCNC(=NCC(C)(C)OC)NCCC(=O)NC1CCS(=O)(=O)C1. The lowest BCUT2D eigenvalue weighted by Crippen LogP contribution is -2.42. The van der Waals surface area contributed by atoms with Crippen molar-refractivity contribution in [2.24, 2.45) is 4.99 Å². The van der Waals surface area contributed by atoms with Crippen molar-refractivity contribution in [2.75, 3.05) is 38.2 Å². The number of hydrogen-bond donors (Lipinski definition) is 3. The lowest BCUT2D eigenvalue weighted by molar-refractivity contribution is -0.121. The predicted octanol–water partition coefficient (Wildman–Crippen LogP) is -0.340. The Bertz CT molecular complexity index is 546. The summed E-state index contributed by atoms with van der Waals surface area (Å²) in [7, 11) is -1.34. The first kappa shape index (κ1) is 20.7. The number of methoxy groups -OCH3 is 1. The standard InChI is InChI=1S/C15H30N4O4S/c1-5-16-14(18-11-15(2,3)23-4)17-8-6-13(20)19-12-7-9-24(21,22)10-12/h12H,5-11H2,1-4H3,(H,19,20)(H2,16,17,18). The fourth-order valence-corrected chi connectivity index (χ4v) is 3.85. The zero-order valence-electron chi connectivity index (χ0n) is 15.0. The molecule has 1 saturated heterocycles. The van der Waals surface area contributed by atoms with E-state index in [2.05, 4.69) is 20.9 Å². The smallest absolute Gasteiger partial charge is 0.222 e. The second-order valence-corrected chi connectivity index (χ2v) is 8.73. The van der Waals surface area contributed by atoms with Gasteiger partial charge in [0.2, 0.25) is 5.91 Å². The molecule has 0 aliphatic carbocycles. The third kappa shape index (κ3) is 7.96. The average molecular weight is 362 g/mol. The molecule has 8 nitrogen and oxygen atoms in total. The van der Waals surface area contributed by atoms with Gasteiger partial charge >= 0.3 is 0 Å². The lowest BCUT2D eigenvalue weighted by atomic mass is 10.1. The van der Waals surface area contributed by atoms with Crippen LogP contribution < -0.4 is 16.0 Å². The average Bonchev–Trinajstić information content (AvgIpc) is 2.83. The Balaban J connectivity index is 2.36. The van der Waals surface area contributed by atoms with Gasteiger partial charge in [-0.05, 0) is 27.2 Å². The number of ether oxygens (including phenoxy) is 1. The minimum Gasteiger partial charge on any atom is -0.377 e. The van der Waals surface area contributed by atoms with Gasteiger partial charge in [0.05, 0.1) is 23.7 Å². The van der Waals surface area contributed by atoms with Crippen LogP contribution in [-0.2, 0) is 19.4 Å². The zero-order chi connectivity index (χ0) is 18.2. The summed E-state index contributed by atoms with van der Waals surface area (Å²) < 4.78 is 28.1. The number of nitrogens with one attached hydrogen (secondary N) is 3. The summed E-state index contributed by atoms with van der Waals surface area (Å²) in [6, 6.07) is -0.257. The molecule has 1 atom stereocenters. The molecule has 0 saturated carbocycles. The molecule has 0 aromatic carbocycles. The molecule has 1 rings (SSSR count). The first-order valence-corrected chi connectivity index (χ1v) is 10.1. The second kappa shape index (κ2) is 9.22. The molecule has 140 valence electrons. The fraction of sp³-hybridized carbons (Fsp3) is 0.867. The summed E-state index contributed by atoms with van der Waals surface area (Å²) in [6.07, 6.45) is 0.756. The van der Waals surface area contributed by atoms with Crippen LogP contribution in [0.25, 0.3) is 0 Å². The van der Waals surface area contributed by atoms with Crippen molar-refractivity contribution in [2.45, 2.75) is 45.3 Å². The van der Waals surface area contributed by atoms with E-state index in [4.69, 9.17) is 4.74 Å². The van der Waals surface area contributed by atoms with Gasteiger partial charge in [-0.25, -0.2) is 8.42 Å². The predicted molar refractivity (Wildman–Crippen MR) is 94.9 cm³/mol. The van der Waals surface area contributed by atoms with E-state index in [0.717, 1.165) is 0 Å².